The van der Waals surface area contributed by atoms with Crippen LogP contribution in [0.2, 0.25) is 0 Å². The van der Waals surface area contributed by atoms with E-state index >= 15 is 0 Å². The zero-order chi connectivity index (χ0) is 15.9. The van der Waals surface area contributed by atoms with E-state index in [-0.39, 0.29) is 0 Å². The Kier molecular flexibility index (Phi) is 4.26. The Balaban J connectivity index is 1.88. The number of halogens is 1. The van der Waals surface area contributed by atoms with Crippen LogP contribution in [0.3, 0.4) is 0 Å². The average Bonchev–Trinajstić information content (AvgIpc) is 2.90. The maximum Gasteiger partial charge on any atom is 0.185 e. The maximum atomic E-state index is 10.2. The van der Waals surface area contributed by atoms with Crippen LogP contribution in [0.5, 0.6) is 5.75 Å². The number of alkyl halides is 1. The van der Waals surface area contributed by atoms with Gasteiger partial charge in [-0.1, -0.05) is 23.7 Å². The van der Waals surface area contributed by atoms with Crippen LogP contribution < -0.4 is 4.74 Å². The number of benzene rings is 1. The average molecular weight is 330 g/mol. The number of H-pyrrole nitrogens is 1. The molecule has 3 rings (SSSR count). The van der Waals surface area contributed by atoms with E-state index in [1.54, 1.807) is 6.20 Å². The van der Waals surface area contributed by atoms with Crippen molar-refractivity contribution in [3.63, 3.8) is 0 Å². The van der Waals surface area contributed by atoms with Crippen molar-refractivity contribution in [3.8, 4) is 5.75 Å². The van der Waals surface area contributed by atoms with Gasteiger partial charge in [0.05, 0.1) is 0 Å². The summed E-state index contributed by atoms with van der Waals surface area (Å²) >= 11 is 5.52. The minimum absolute atomic E-state index is 0.399. The van der Waals surface area contributed by atoms with Gasteiger partial charge in [0, 0.05) is 17.1 Å². The summed E-state index contributed by atoms with van der Waals surface area (Å²) in [5, 5.41) is 40.0. The molecule has 120 valence electrons. The molecule has 1 aromatic heterocycles. The fourth-order valence-electron chi connectivity index (χ4n) is 2.53. The normalized spacial score (nSPS) is 33.8. The first-order valence-electron chi connectivity index (χ1n) is 6.73. The second-order valence-electron chi connectivity index (χ2n) is 5.13. The second-order valence-corrected chi connectivity index (χ2v) is 5.57. The molecule has 6 atom stereocenters. The molecular formula is C14H16ClNO6. The first-order chi connectivity index (χ1) is 10.5. The molecule has 1 saturated heterocycles. The second kappa shape index (κ2) is 6.04. The summed E-state index contributed by atoms with van der Waals surface area (Å²) in [6.45, 7) is 0. The number of ether oxygens (including phenoxy) is 2. The summed E-state index contributed by atoms with van der Waals surface area (Å²) in [6, 6.07) is 7.33. The first kappa shape index (κ1) is 15.5. The molecule has 1 aliphatic heterocycles. The molecule has 5 N–H and O–H groups in total. The van der Waals surface area contributed by atoms with Crippen LogP contribution in [0.25, 0.3) is 10.9 Å². The van der Waals surface area contributed by atoms with Crippen LogP contribution in [0.1, 0.15) is 0 Å². The molecule has 0 amide bonds. The van der Waals surface area contributed by atoms with Gasteiger partial charge < -0.3 is 34.9 Å². The van der Waals surface area contributed by atoms with E-state index < -0.39 is 36.3 Å². The molecular weight excluding hydrogens is 314 g/mol. The molecule has 1 aromatic carbocycles. The summed E-state index contributed by atoms with van der Waals surface area (Å²) < 4.78 is 10.5. The fourth-order valence-corrected chi connectivity index (χ4v) is 2.74. The summed E-state index contributed by atoms with van der Waals surface area (Å²) in [7, 11) is 0. The van der Waals surface area contributed by atoms with E-state index in [1.807, 2.05) is 24.3 Å². The van der Waals surface area contributed by atoms with Gasteiger partial charge in [0.1, 0.15) is 24.1 Å². The molecule has 0 bridgehead atoms. The van der Waals surface area contributed by atoms with E-state index in [2.05, 4.69) is 4.98 Å². The predicted octanol–water partition coefficient (Wildman–Crippen LogP) is -0.0885. The Labute approximate surface area is 130 Å². The van der Waals surface area contributed by atoms with Gasteiger partial charge in [-0.05, 0) is 12.1 Å². The van der Waals surface area contributed by atoms with Gasteiger partial charge >= 0.3 is 0 Å². The van der Waals surface area contributed by atoms with Gasteiger partial charge in [0.25, 0.3) is 0 Å². The number of nitrogens with one attached hydrogen (secondary N) is 1. The number of fused-ring (bicyclic) bond motifs is 1. The van der Waals surface area contributed by atoms with E-state index in [9.17, 15) is 20.4 Å². The van der Waals surface area contributed by atoms with Gasteiger partial charge in [-0.3, -0.25) is 0 Å². The number of aliphatic hydroxyl groups excluding tert-OH is 4. The summed E-state index contributed by atoms with van der Waals surface area (Å²) in [5.41, 5.74) is -0.728. The van der Waals surface area contributed by atoms with Crippen molar-refractivity contribution in [2.75, 3.05) is 0 Å². The SMILES string of the molecule is OC(Cl)[C@H]1O[C@@H](O)[C@H](O)[C@@H](Oc2c[nH]c3ccccc23)[C@H]1O. The van der Waals surface area contributed by atoms with E-state index in [0.29, 0.717) is 5.75 Å². The highest BCUT2D eigenvalue weighted by atomic mass is 35.5. The monoisotopic (exact) mass is 329 g/mol. The highest BCUT2D eigenvalue weighted by molar-refractivity contribution is 6.19. The number of aromatic nitrogens is 1. The van der Waals surface area contributed by atoms with Crippen LogP contribution in [-0.2, 0) is 4.74 Å². The largest absolute Gasteiger partial charge is 0.482 e. The number of aliphatic hydroxyl groups is 4. The molecule has 22 heavy (non-hydrogen) atoms. The van der Waals surface area contributed by atoms with Crippen molar-refractivity contribution in [1.82, 2.24) is 4.98 Å². The minimum Gasteiger partial charge on any atom is -0.482 e. The van der Waals surface area contributed by atoms with Crippen LogP contribution in [-0.4, -0.2) is 61.7 Å². The summed E-state index contributed by atoms with van der Waals surface area (Å²) in [4.78, 5) is 3.00. The Morgan fingerprint density at radius 3 is 2.64 bits per heavy atom. The Bertz CT molecular complexity index is 647. The minimum atomic E-state index is -1.63. The van der Waals surface area contributed by atoms with Crippen LogP contribution >= 0.6 is 11.6 Å². The third-order valence-corrected chi connectivity index (χ3v) is 3.93. The molecule has 1 unspecified atom stereocenters. The Hall–Kier alpha value is -1.35. The molecule has 1 fully saturated rings. The zero-order valence-electron chi connectivity index (χ0n) is 11.3. The van der Waals surface area contributed by atoms with Crippen LogP contribution in [0.4, 0.5) is 0 Å². The van der Waals surface area contributed by atoms with Crippen molar-refractivity contribution in [3.05, 3.63) is 30.5 Å². The van der Waals surface area contributed by atoms with Crippen LogP contribution in [0, 0.1) is 0 Å². The third-order valence-electron chi connectivity index (χ3n) is 3.68. The van der Waals surface area contributed by atoms with Crippen LogP contribution in [0.15, 0.2) is 30.5 Å². The number of rotatable bonds is 3. The zero-order valence-corrected chi connectivity index (χ0v) is 12.1. The molecule has 0 spiro atoms. The lowest BCUT2D eigenvalue weighted by molar-refractivity contribution is -0.285. The topological polar surface area (TPSA) is 115 Å². The van der Waals surface area contributed by atoms with Gasteiger partial charge in [-0.2, -0.15) is 0 Å². The van der Waals surface area contributed by atoms with Gasteiger partial charge in [-0.15, -0.1) is 0 Å². The van der Waals surface area contributed by atoms with Crippen molar-refractivity contribution in [2.45, 2.75) is 36.3 Å². The molecule has 1 aliphatic rings. The van der Waals surface area contributed by atoms with Gasteiger partial charge in [0.2, 0.25) is 0 Å². The summed E-state index contributed by atoms with van der Waals surface area (Å²) in [5.74, 6) is 0.399. The van der Waals surface area contributed by atoms with E-state index in [4.69, 9.17) is 21.1 Å². The van der Waals surface area contributed by atoms with Crippen molar-refractivity contribution in [2.24, 2.45) is 0 Å². The Morgan fingerprint density at radius 2 is 1.91 bits per heavy atom. The van der Waals surface area contributed by atoms with E-state index in [1.165, 1.54) is 0 Å². The fraction of sp³-hybridized carbons (Fsp3) is 0.429. The molecule has 2 heterocycles. The third kappa shape index (κ3) is 2.67. The quantitative estimate of drug-likeness (QED) is 0.503. The number of hydrogen-bond donors (Lipinski definition) is 5. The lowest BCUT2D eigenvalue weighted by atomic mass is 9.99. The predicted molar refractivity (Wildman–Crippen MR) is 77.5 cm³/mol. The van der Waals surface area contributed by atoms with Crippen molar-refractivity contribution < 1.29 is 29.9 Å². The smallest absolute Gasteiger partial charge is 0.185 e. The lowest BCUT2D eigenvalue weighted by Gasteiger charge is -2.40. The maximum absolute atomic E-state index is 10.2. The van der Waals surface area contributed by atoms with Crippen molar-refractivity contribution >= 4 is 22.5 Å². The Morgan fingerprint density at radius 1 is 1.18 bits per heavy atom. The molecule has 8 heteroatoms. The molecule has 0 radical (unpaired) electrons. The lowest BCUT2D eigenvalue weighted by Crippen LogP contribution is -2.61. The van der Waals surface area contributed by atoms with E-state index in [0.717, 1.165) is 10.9 Å². The van der Waals surface area contributed by atoms with Gasteiger partial charge in [0.15, 0.2) is 18.0 Å². The number of aromatic amines is 1. The highest BCUT2D eigenvalue weighted by Crippen LogP contribution is 2.31. The summed E-state index contributed by atoms with van der Waals surface area (Å²) in [6.07, 6.45) is -5.44. The van der Waals surface area contributed by atoms with Gasteiger partial charge in [-0.25, -0.2) is 0 Å². The number of hydrogen-bond acceptors (Lipinski definition) is 6. The van der Waals surface area contributed by atoms with Crippen molar-refractivity contribution in [1.29, 1.82) is 0 Å². The first-order valence-corrected chi connectivity index (χ1v) is 7.17. The molecule has 0 aliphatic carbocycles. The number of para-hydroxylation sites is 1. The molecule has 0 saturated carbocycles. The molecule has 7 nitrogen and oxygen atoms in total. The molecule has 2 aromatic rings. The standard InChI is InChI=1S/C14H16ClNO6/c15-13(19)12-9(17)11(10(18)14(20)22-12)21-8-5-16-7-4-2-1-3-6(7)8/h1-5,9-14,16-20H/t9-,10-,11+,12+,13?,14-/m1/s1. The highest BCUT2D eigenvalue weighted by Gasteiger charge is 2.48.